The Labute approximate surface area is 168 Å². The topological polar surface area (TPSA) is 55.8 Å². The fraction of sp³-hybridized carbons (Fsp3) is 0.182. The van der Waals surface area contributed by atoms with Crippen molar-refractivity contribution in [1.29, 1.82) is 0 Å². The lowest BCUT2D eigenvalue weighted by Crippen LogP contribution is -2.24. The van der Waals surface area contributed by atoms with Gasteiger partial charge >= 0.3 is 5.97 Å². The number of carbonyl (C=O) groups is 2. The first-order chi connectivity index (χ1) is 13.5. The van der Waals surface area contributed by atoms with E-state index < -0.39 is 5.97 Å². The Morgan fingerprint density at radius 1 is 1.11 bits per heavy atom. The van der Waals surface area contributed by atoms with Crippen LogP contribution in [-0.4, -0.2) is 25.6 Å². The van der Waals surface area contributed by atoms with Crippen LogP contribution in [0.5, 0.6) is 5.75 Å². The smallest absolute Gasteiger partial charge is 0.340 e. The van der Waals surface area contributed by atoms with Crippen LogP contribution in [0, 0.1) is 0 Å². The number of ether oxygens (including phenoxy) is 2. The van der Waals surface area contributed by atoms with Gasteiger partial charge in [0.15, 0.2) is 0 Å². The van der Waals surface area contributed by atoms with Gasteiger partial charge in [-0.3, -0.25) is 9.69 Å². The maximum Gasteiger partial charge on any atom is 0.340 e. The molecule has 2 aromatic rings. The summed E-state index contributed by atoms with van der Waals surface area (Å²) in [5.74, 6) is -0.108. The molecule has 0 unspecified atom stereocenters. The van der Waals surface area contributed by atoms with Gasteiger partial charge in [0.2, 0.25) is 0 Å². The molecule has 1 amide bonds. The summed E-state index contributed by atoms with van der Waals surface area (Å²) in [5, 5.41) is 0.566. The fourth-order valence-corrected chi connectivity index (χ4v) is 3.18. The van der Waals surface area contributed by atoms with Gasteiger partial charge in [-0.25, -0.2) is 4.79 Å². The summed E-state index contributed by atoms with van der Waals surface area (Å²) in [4.78, 5) is 27.3. The lowest BCUT2D eigenvalue weighted by atomic mass is 10.0. The van der Waals surface area contributed by atoms with E-state index in [1.54, 1.807) is 63.4 Å². The Morgan fingerprint density at radius 2 is 1.75 bits per heavy atom. The van der Waals surface area contributed by atoms with Crippen molar-refractivity contribution in [3.63, 3.8) is 0 Å². The average molecular weight is 398 g/mol. The number of halogens is 1. The molecule has 0 N–H and O–H groups in total. The van der Waals surface area contributed by atoms with Gasteiger partial charge < -0.3 is 9.47 Å². The van der Waals surface area contributed by atoms with E-state index in [-0.39, 0.29) is 23.7 Å². The maximum atomic E-state index is 13.2. The second-order valence-electron chi connectivity index (χ2n) is 6.13. The van der Waals surface area contributed by atoms with Gasteiger partial charge in [-0.1, -0.05) is 23.7 Å². The van der Waals surface area contributed by atoms with Crippen LogP contribution in [0.25, 0.3) is 6.08 Å². The normalized spacial score (nSPS) is 15.4. The minimum absolute atomic E-state index is 0.223. The summed E-state index contributed by atoms with van der Waals surface area (Å²) >= 11 is 5.96. The summed E-state index contributed by atoms with van der Waals surface area (Å²) < 4.78 is 10.4. The number of rotatable bonds is 5. The lowest BCUT2D eigenvalue weighted by molar-refractivity contribution is -0.138. The minimum atomic E-state index is -0.524. The molecule has 0 saturated heterocycles. The number of anilines is 1. The van der Waals surface area contributed by atoms with Crippen molar-refractivity contribution in [2.24, 2.45) is 0 Å². The number of allylic oxidation sites excluding steroid dienone is 1. The molecule has 0 radical (unpaired) electrons. The summed E-state index contributed by atoms with van der Waals surface area (Å²) in [7, 11) is 1.59. The number of esters is 1. The van der Waals surface area contributed by atoms with Crippen molar-refractivity contribution >= 4 is 35.2 Å². The van der Waals surface area contributed by atoms with Gasteiger partial charge in [0, 0.05) is 16.4 Å². The molecule has 28 heavy (non-hydrogen) atoms. The van der Waals surface area contributed by atoms with Crippen molar-refractivity contribution in [3.05, 3.63) is 76.0 Å². The number of amides is 1. The van der Waals surface area contributed by atoms with Crippen molar-refractivity contribution in [2.75, 3.05) is 18.6 Å². The van der Waals surface area contributed by atoms with E-state index in [1.807, 2.05) is 12.1 Å². The number of hydrogen-bond acceptors (Lipinski definition) is 4. The standard InChI is InChI=1S/C22H20ClNO4/c1-4-28-22(26)20-14(2)24(17-9-7-16(23)8-10-17)21(25)19(20)13-15-5-11-18(27-3)12-6-15/h5-13H,4H2,1-3H3/b19-13-. The first-order valence-electron chi connectivity index (χ1n) is 8.80. The van der Waals surface area contributed by atoms with Gasteiger partial charge in [-0.05, 0) is 61.9 Å². The SMILES string of the molecule is CCOC(=O)C1=C(C)N(c2ccc(Cl)cc2)C(=O)/C1=C\c1ccc(OC)cc1. The monoisotopic (exact) mass is 397 g/mol. The second kappa shape index (κ2) is 8.31. The van der Waals surface area contributed by atoms with Crippen LogP contribution in [0.1, 0.15) is 19.4 Å². The van der Waals surface area contributed by atoms with Crippen LogP contribution in [-0.2, 0) is 14.3 Å². The van der Waals surface area contributed by atoms with Crippen LogP contribution in [0.4, 0.5) is 5.69 Å². The van der Waals surface area contributed by atoms with Crippen molar-refractivity contribution in [2.45, 2.75) is 13.8 Å². The predicted molar refractivity (Wildman–Crippen MR) is 109 cm³/mol. The zero-order chi connectivity index (χ0) is 20.3. The zero-order valence-electron chi connectivity index (χ0n) is 15.9. The van der Waals surface area contributed by atoms with Gasteiger partial charge in [0.25, 0.3) is 5.91 Å². The van der Waals surface area contributed by atoms with Crippen molar-refractivity contribution < 1.29 is 19.1 Å². The molecule has 2 aromatic carbocycles. The quantitative estimate of drug-likeness (QED) is 0.545. The van der Waals surface area contributed by atoms with Gasteiger partial charge in [-0.15, -0.1) is 0 Å². The molecule has 0 saturated carbocycles. The fourth-order valence-electron chi connectivity index (χ4n) is 3.05. The van der Waals surface area contributed by atoms with Crippen LogP contribution in [0.2, 0.25) is 5.02 Å². The molecule has 0 atom stereocenters. The molecule has 5 nitrogen and oxygen atoms in total. The molecule has 3 rings (SSSR count). The van der Waals surface area contributed by atoms with Crippen molar-refractivity contribution in [1.82, 2.24) is 0 Å². The predicted octanol–water partition coefficient (Wildman–Crippen LogP) is 4.62. The largest absolute Gasteiger partial charge is 0.497 e. The molecular weight excluding hydrogens is 378 g/mol. The molecule has 1 aliphatic rings. The first kappa shape index (κ1) is 19.7. The summed E-state index contributed by atoms with van der Waals surface area (Å²) in [6.07, 6.45) is 1.69. The number of hydrogen-bond donors (Lipinski definition) is 0. The van der Waals surface area contributed by atoms with Gasteiger partial charge in [0.05, 0.1) is 24.9 Å². The molecule has 0 spiro atoms. The number of benzene rings is 2. The van der Waals surface area contributed by atoms with Gasteiger partial charge in [-0.2, -0.15) is 0 Å². The molecule has 144 valence electrons. The van der Waals surface area contributed by atoms with E-state index in [9.17, 15) is 9.59 Å². The minimum Gasteiger partial charge on any atom is -0.497 e. The molecule has 0 aromatic heterocycles. The maximum absolute atomic E-state index is 13.2. The highest BCUT2D eigenvalue weighted by atomic mass is 35.5. The van der Waals surface area contributed by atoms with Gasteiger partial charge in [0.1, 0.15) is 5.75 Å². The molecule has 0 aliphatic carbocycles. The second-order valence-corrected chi connectivity index (χ2v) is 6.57. The first-order valence-corrected chi connectivity index (χ1v) is 9.18. The number of methoxy groups -OCH3 is 1. The van der Waals surface area contributed by atoms with E-state index >= 15 is 0 Å². The highest BCUT2D eigenvalue weighted by Gasteiger charge is 2.38. The van der Waals surface area contributed by atoms with E-state index in [0.717, 1.165) is 5.56 Å². The van der Waals surface area contributed by atoms with Crippen LogP contribution >= 0.6 is 11.6 Å². The summed E-state index contributed by atoms with van der Waals surface area (Å²) in [6, 6.07) is 14.1. The molecular formula is C22H20ClNO4. The van der Waals surface area contributed by atoms with Crippen LogP contribution in [0.3, 0.4) is 0 Å². The summed E-state index contributed by atoms with van der Waals surface area (Å²) in [5.41, 5.74) is 2.47. The summed E-state index contributed by atoms with van der Waals surface area (Å²) in [6.45, 7) is 3.68. The third-order valence-electron chi connectivity index (χ3n) is 4.39. The third-order valence-corrected chi connectivity index (χ3v) is 4.64. The highest BCUT2D eigenvalue weighted by molar-refractivity contribution is 6.30. The Kier molecular flexibility index (Phi) is 5.85. The molecule has 0 fully saturated rings. The van der Waals surface area contributed by atoms with E-state index in [4.69, 9.17) is 21.1 Å². The van der Waals surface area contributed by atoms with Crippen LogP contribution < -0.4 is 9.64 Å². The molecule has 0 bridgehead atoms. The van der Waals surface area contributed by atoms with E-state index in [0.29, 0.717) is 22.2 Å². The Bertz CT molecular complexity index is 959. The van der Waals surface area contributed by atoms with E-state index in [1.165, 1.54) is 4.90 Å². The van der Waals surface area contributed by atoms with Crippen molar-refractivity contribution in [3.8, 4) is 5.75 Å². The number of carbonyl (C=O) groups excluding carboxylic acids is 2. The molecule has 6 heteroatoms. The van der Waals surface area contributed by atoms with E-state index in [2.05, 4.69) is 0 Å². The zero-order valence-corrected chi connectivity index (χ0v) is 16.6. The average Bonchev–Trinajstić information content (AvgIpc) is 2.93. The Hall–Kier alpha value is -3.05. The third kappa shape index (κ3) is 3.80. The molecule has 1 heterocycles. The Balaban J connectivity index is 2.08. The Morgan fingerprint density at radius 3 is 2.32 bits per heavy atom. The molecule has 1 aliphatic heterocycles. The van der Waals surface area contributed by atoms with Crippen LogP contribution in [0.15, 0.2) is 65.4 Å². The number of nitrogens with zero attached hydrogens (tertiary/aromatic N) is 1. The highest BCUT2D eigenvalue weighted by Crippen LogP contribution is 2.36. The lowest BCUT2D eigenvalue weighted by Gasteiger charge is -2.18.